The highest BCUT2D eigenvalue weighted by Gasteiger charge is 2.41. The largest absolute Gasteiger partial charge is 0.497 e. The first-order chi connectivity index (χ1) is 16.4. The van der Waals surface area contributed by atoms with Crippen molar-refractivity contribution in [3.05, 3.63) is 51.6 Å². The summed E-state index contributed by atoms with van der Waals surface area (Å²) in [6.45, 7) is 1.76. The number of ether oxygens (including phenoxy) is 1. The highest BCUT2D eigenvalue weighted by atomic mass is 35.5. The van der Waals surface area contributed by atoms with Crippen molar-refractivity contribution in [3.8, 4) is 17.6 Å². The maximum atomic E-state index is 15.5. The number of likely N-dealkylation sites (tertiary alicyclic amines) is 1. The molecule has 1 aliphatic rings. The highest BCUT2D eigenvalue weighted by molar-refractivity contribution is 7.10. The Hall–Kier alpha value is -2.73. The number of nitrogens with zero attached hydrogens (tertiary/aromatic N) is 3. The lowest BCUT2D eigenvalue weighted by Gasteiger charge is -2.38. The van der Waals surface area contributed by atoms with Crippen LogP contribution in [0.5, 0.6) is 5.75 Å². The van der Waals surface area contributed by atoms with Crippen LogP contribution in [0.25, 0.3) is 10.9 Å². The van der Waals surface area contributed by atoms with Gasteiger partial charge in [-0.3, -0.25) is 14.7 Å². The molecule has 0 amide bonds. The number of rotatable bonds is 7. The molecular weight excluding hydrogens is 477 g/mol. The molecule has 4 rings (SSSR count). The molecule has 34 heavy (non-hydrogen) atoms. The molecule has 1 atom stereocenters. The molecule has 0 radical (unpaired) electrons. The average molecular weight is 502 g/mol. The molecule has 3 aromatic rings. The summed E-state index contributed by atoms with van der Waals surface area (Å²) in [7, 11) is 1.54. The van der Waals surface area contributed by atoms with Crippen LogP contribution in [-0.2, 0) is 4.79 Å². The van der Waals surface area contributed by atoms with Gasteiger partial charge < -0.3 is 9.84 Å². The van der Waals surface area contributed by atoms with Crippen LogP contribution in [0.2, 0.25) is 5.02 Å². The van der Waals surface area contributed by atoms with E-state index in [1.54, 1.807) is 31.5 Å². The molecule has 9 heteroatoms. The van der Waals surface area contributed by atoms with Gasteiger partial charge in [-0.05, 0) is 49.8 Å². The first kappa shape index (κ1) is 24.4. The second kappa shape index (κ2) is 10.7. The summed E-state index contributed by atoms with van der Waals surface area (Å²) < 4.78 is 20.8. The highest BCUT2D eigenvalue weighted by Crippen LogP contribution is 2.42. The fourth-order valence-electron chi connectivity index (χ4n) is 4.38. The summed E-state index contributed by atoms with van der Waals surface area (Å²) >= 11 is 7.82. The van der Waals surface area contributed by atoms with Gasteiger partial charge in [0.25, 0.3) is 0 Å². The molecule has 3 heterocycles. The van der Waals surface area contributed by atoms with E-state index in [0.717, 1.165) is 5.01 Å². The molecular formula is C25H25ClFN3O3S. The van der Waals surface area contributed by atoms with Gasteiger partial charge in [0.1, 0.15) is 11.9 Å². The molecule has 1 N–H and O–H groups in total. The Morgan fingerprint density at radius 2 is 2.18 bits per heavy atom. The zero-order chi connectivity index (χ0) is 24.1. The van der Waals surface area contributed by atoms with Crippen molar-refractivity contribution in [3.63, 3.8) is 0 Å². The summed E-state index contributed by atoms with van der Waals surface area (Å²) in [5.41, 5.74) is -0.0136. The van der Waals surface area contributed by atoms with Crippen molar-refractivity contribution < 1.29 is 19.0 Å². The van der Waals surface area contributed by atoms with Crippen molar-refractivity contribution in [2.24, 2.45) is 5.41 Å². The minimum Gasteiger partial charge on any atom is -0.497 e. The van der Waals surface area contributed by atoms with Crippen LogP contribution < -0.4 is 4.74 Å². The zero-order valence-electron chi connectivity index (χ0n) is 18.8. The van der Waals surface area contributed by atoms with Crippen LogP contribution in [-0.4, -0.2) is 52.7 Å². The molecule has 6 nitrogen and oxygen atoms in total. The lowest BCUT2D eigenvalue weighted by Crippen LogP contribution is -2.44. The number of alkyl halides is 1. The first-order valence-corrected chi connectivity index (χ1v) is 12.3. The molecule has 1 saturated heterocycles. The van der Waals surface area contributed by atoms with Crippen molar-refractivity contribution in [1.82, 2.24) is 14.9 Å². The molecule has 1 aromatic carbocycles. The molecule has 2 aromatic heterocycles. The first-order valence-electron chi connectivity index (χ1n) is 11.0. The van der Waals surface area contributed by atoms with Gasteiger partial charge in [-0.15, -0.1) is 11.3 Å². The number of carboxylic acids is 1. The number of methoxy groups -OCH3 is 1. The van der Waals surface area contributed by atoms with Gasteiger partial charge in [0.15, 0.2) is 5.01 Å². The number of piperidine rings is 1. The normalized spacial score (nSPS) is 16.6. The van der Waals surface area contributed by atoms with Gasteiger partial charge in [-0.25, -0.2) is 9.37 Å². The van der Waals surface area contributed by atoms with Crippen molar-refractivity contribution >= 4 is 39.8 Å². The summed E-state index contributed by atoms with van der Waals surface area (Å²) in [6.07, 6.45) is 2.94. The van der Waals surface area contributed by atoms with E-state index in [4.69, 9.17) is 16.3 Å². The number of fused-ring (bicyclic) bond motifs is 1. The number of benzene rings is 1. The summed E-state index contributed by atoms with van der Waals surface area (Å²) in [6, 6.07) is 5.23. The molecule has 178 valence electrons. The number of aromatic nitrogens is 2. The molecule has 0 spiro atoms. The third kappa shape index (κ3) is 5.33. The average Bonchev–Trinajstić information content (AvgIpc) is 3.36. The van der Waals surface area contributed by atoms with Crippen molar-refractivity contribution in [2.75, 3.05) is 26.7 Å². The predicted molar refractivity (Wildman–Crippen MR) is 131 cm³/mol. The van der Waals surface area contributed by atoms with E-state index in [9.17, 15) is 9.90 Å². The Morgan fingerprint density at radius 1 is 1.38 bits per heavy atom. The third-order valence-electron chi connectivity index (χ3n) is 6.45. The molecule has 1 unspecified atom stereocenters. The number of halogens is 2. The van der Waals surface area contributed by atoms with Crippen LogP contribution >= 0.6 is 22.9 Å². The topological polar surface area (TPSA) is 75.6 Å². The lowest BCUT2D eigenvalue weighted by atomic mass is 9.74. The van der Waals surface area contributed by atoms with Gasteiger partial charge >= 0.3 is 5.97 Å². The Morgan fingerprint density at radius 3 is 2.85 bits per heavy atom. The predicted octanol–water partition coefficient (Wildman–Crippen LogP) is 5.36. The SMILES string of the molecule is COc1ccc2ncc(Cl)c(C(F)CCC3(C(=O)O)CCN(CC#Cc4nccs4)CC3)c2c1. The molecule has 1 aliphatic heterocycles. The van der Waals surface area contributed by atoms with E-state index in [-0.39, 0.29) is 17.9 Å². The van der Waals surface area contributed by atoms with Crippen molar-refractivity contribution in [1.29, 1.82) is 0 Å². The van der Waals surface area contributed by atoms with Crippen LogP contribution in [0.4, 0.5) is 4.39 Å². The number of hydrogen-bond donors (Lipinski definition) is 1. The van der Waals surface area contributed by atoms with E-state index < -0.39 is 17.6 Å². The monoisotopic (exact) mass is 501 g/mol. The summed E-state index contributed by atoms with van der Waals surface area (Å²) in [5, 5.41) is 13.5. The number of hydrogen-bond acceptors (Lipinski definition) is 6. The molecule has 0 saturated carbocycles. The van der Waals surface area contributed by atoms with Gasteiger partial charge in [-0.1, -0.05) is 17.5 Å². The molecule has 1 fully saturated rings. The van der Waals surface area contributed by atoms with E-state index in [2.05, 4.69) is 26.7 Å². The summed E-state index contributed by atoms with van der Waals surface area (Å²) in [4.78, 5) is 22.8. The number of aliphatic carboxylic acids is 1. The van der Waals surface area contributed by atoms with Gasteiger partial charge in [0.05, 0.1) is 29.6 Å². The fourth-order valence-corrected chi connectivity index (χ4v) is 5.16. The second-order valence-electron chi connectivity index (χ2n) is 8.41. The van der Waals surface area contributed by atoms with Crippen LogP contribution in [0.15, 0.2) is 36.0 Å². The Labute approximate surface area is 206 Å². The van der Waals surface area contributed by atoms with Crippen LogP contribution in [0.3, 0.4) is 0 Å². The van der Waals surface area contributed by atoms with Crippen LogP contribution in [0, 0.1) is 17.3 Å². The lowest BCUT2D eigenvalue weighted by molar-refractivity contribution is -0.152. The number of thiazole rings is 1. The maximum Gasteiger partial charge on any atom is 0.309 e. The number of pyridine rings is 1. The minimum atomic E-state index is -1.41. The van der Waals surface area contributed by atoms with E-state index in [1.165, 1.54) is 17.5 Å². The molecule has 0 aliphatic carbocycles. The smallest absolute Gasteiger partial charge is 0.309 e. The van der Waals surface area contributed by atoms with Gasteiger partial charge in [0.2, 0.25) is 0 Å². The Bertz CT molecular complexity index is 1220. The Kier molecular flexibility index (Phi) is 7.67. The number of carbonyl (C=O) groups is 1. The zero-order valence-corrected chi connectivity index (χ0v) is 20.3. The van der Waals surface area contributed by atoms with E-state index >= 15 is 4.39 Å². The van der Waals surface area contributed by atoms with Gasteiger partial charge in [0, 0.05) is 41.8 Å². The summed E-state index contributed by atoms with van der Waals surface area (Å²) in [5.74, 6) is 5.84. The second-order valence-corrected chi connectivity index (χ2v) is 9.71. The standard InChI is InChI=1S/C25H25ClFN3O3S/c1-33-17-4-5-21-18(15-17)23(19(26)16-29-21)20(27)6-7-25(24(31)32)8-12-30(13-9-25)11-2-3-22-28-10-14-34-22/h4-5,10,14-16,20H,6-9,11-13H2,1H3,(H,31,32). The van der Waals surface area contributed by atoms with E-state index in [0.29, 0.717) is 54.7 Å². The third-order valence-corrected chi connectivity index (χ3v) is 7.44. The molecule has 0 bridgehead atoms. The van der Waals surface area contributed by atoms with E-state index in [1.807, 2.05) is 5.38 Å². The fraction of sp³-hybridized carbons (Fsp3) is 0.400. The maximum absolute atomic E-state index is 15.5. The van der Waals surface area contributed by atoms with Crippen LogP contribution in [0.1, 0.15) is 42.4 Å². The minimum absolute atomic E-state index is 0.0617. The number of carboxylic acid groups (broad SMARTS) is 1. The van der Waals surface area contributed by atoms with Gasteiger partial charge in [-0.2, -0.15) is 0 Å². The van der Waals surface area contributed by atoms with Crippen molar-refractivity contribution in [2.45, 2.75) is 31.9 Å². The quantitative estimate of drug-likeness (QED) is 0.439. The Balaban J connectivity index is 1.43.